The number of esters is 1. The van der Waals surface area contributed by atoms with Crippen LogP contribution in [0.15, 0.2) is 89.5 Å². The van der Waals surface area contributed by atoms with Crippen molar-refractivity contribution in [2.45, 2.75) is 31.5 Å². The molecule has 8 nitrogen and oxygen atoms in total. The largest absolute Gasteiger partial charge is 1.00 e. The zero-order chi connectivity index (χ0) is 26.7. The molecule has 7 rings (SSSR count). The number of hydrogen-bond acceptors (Lipinski definition) is 7. The van der Waals surface area contributed by atoms with Crippen molar-refractivity contribution in [2.24, 2.45) is 5.92 Å². The molecule has 40 heavy (non-hydrogen) atoms. The fourth-order valence-corrected chi connectivity index (χ4v) is 5.97. The van der Waals surface area contributed by atoms with Crippen LogP contribution in [0.3, 0.4) is 0 Å². The molecule has 1 N–H and O–H groups in total. The van der Waals surface area contributed by atoms with Crippen molar-refractivity contribution < 1.29 is 35.7 Å². The van der Waals surface area contributed by atoms with Gasteiger partial charge in [-0.05, 0) is 29.8 Å². The highest BCUT2D eigenvalue weighted by Crippen LogP contribution is 2.38. The predicted octanol–water partition coefficient (Wildman–Crippen LogP) is 2.25. The fourth-order valence-electron chi connectivity index (χ4n) is 5.97. The van der Waals surface area contributed by atoms with Crippen LogP contribution in [0.25, 0.3) is 11.5 Å². The summed E-state index contributed by atoms with van der Waals surface area (Å²) >= 11 is 0. The number of para-hydroxylation sites is 2. The zero-order valence-electron chi connectivity index (χ0n) is 22.4. The molecule has 4 aromatic rings. The second-order valence-corrected chi connectivity index (χ2v) is 10.5. The summed E-state index contributed by atoms with van der Waals surface area (Å²) in [4.78, 5) is 18.3. The smallest absolute Gasteiger partial charge is 0.333 e. The van der Waals surface area contributed by atoms with Gasteiger partial charge in [0.1, 0.15) is 18.8 Å². The number of nitrogens with one attached hydrogen (secondary N) is 1. The average Bonchev–Trinajstić information content (AvgIpc) is 3.45. The van der Waals surface area contributed by atoms with E-state index >= 15 is 0 Å². The van der Waals surface area contributed by atoms with Gasteiger partial charge >= 0.3 is 5.97 Å². The molecular weight excluding hydrogens is 528 g/mol. The van der Waals surface area contributed by atoms with E-state index in [1.54, 1.807) is 7.11 Å². The average molecular weight is 561 g/mol. The summed E-state index contributed by atoms with van der Waals surface area (Å²) in [7, 11) is 1.63. The predicted molar refractivity (Wildman–Crippen MR) is 147 cm³/mol. The van der Waals surface area contributed by atoms with Gasteiger partial charge in [-0.15, -0.1) is 0 Å². The second kappa shape index (κ2) is 12.1. The first-order valence-electron chi connectivity index (χ1n) is 13.5. The Labute approximate surface area is 240 Å². The summed E-state index contributed by atoms with van der Waals surface area (Å²) in [6.45, 7) is 3.43. The maximum absolute atomic E-state index is 13.6. The number of fused-ring (bicyclic) bond motifs is 3. The number of anilines is 1. The number of piperidine rings is 3. The lowest BCUT2D eigenvalue weighted by Gasteiger charge is -2.51. The van der Waals surface area contributed by atoms with Crippen LogP contribution >= 0.6 is 0 Å². The molecule has 3 aromatic carbocycles. The van der Waals surface area contributed by atoms with E-state index in [1.807, 2.05) is 84.9 Å². The van der Waals surface area contributed by atoms with E-state index in [0.29, 0.717) is 29.9 Å². The van der Waals surface area contributed by atoms with E-state index in [1.165, 1.54) is 0 Å². The van der Waals surface area contributed by atoms with Gasteiger partial charge < -0.3 is 36.2 Å². The summed E-state index contributed by atoms with van der Waals surface area (Å²) in [6, 6.07) is 26.6. The van der Waals surface area contributed by atoms with Crippen LogP contribution in [0.1, 0.15) is 30.3 Å². The molecule has 4 heterocycles. The number of carbonyl (C=O) groups is 1. The molecule has 3 aliphatic heterocycles. The normalized spacial score (nSPS) is 22.1. The second-order valence-electron chi connectivity index (χ2n) is 10.5. The Morgan fingerprint density at radius 3 is 2.40 bits per heavy atom. The van der Waals surface area contributed by atoms with Crippen LogP contribution in [0.5, 0.6) is 5.75 Å². The van der Waals surface area contributed by atoms with Crippen LogP contribution in [0.2, 0.25) is 0 Å². The van der Waals surface area contributed by atoms with Crippen molar-refractivity contribution >= 4 is 11.7 Å². The van der Waals surface area contributed by atoms with Crippen molar-refractivity contribution in [2.75, 3.05) is 32.1 Å². The quantitative estimate of drug-likeness (QED) is 0.248. The number of methoxy groups -OCH3 is 1. The molecule has 208 valence electrons. The maximum atomic E-state index is 13.6. The minimum atomic E-state index is -0.585. The highest BCUT2D eigenvalue weighted by atomic mass is 35.5. The minimum absolute atomic E-state index is 0. The molecule has 0 aliphatic carbocycles. The molecular formula is C31H33ClN4O4. The van der Waals surface area contributed by atoms with Gasteiger partial charge in [-0.2, -0.15) is 4.98 Å². The number of nitrogens with zero attached hydrogens (tertiary/aromatic N) is 3. The van der Waals surface area contributed by atoms with Crippen molar-refractivity contribution in [1.82, 2.24) is 10.1 Å². The number of ether oxygens (including phenoxy) is 2. The lowest BCUT2D eigenvalue weighted by Crippen LogP contribution is -3.00. The number of quaternary nitrogens is 1. The van der Waals surface area contributed by atoms with Crippen molar-refractivity contribution in [1.29, 1.82) is 0 Å². The molecule has 0 saturated carbocycles. The molecule has 0 unspecified atom stereocenters. The first-order valence-corrected chi connectivity index (χ1v) is 13.5. The van der Waals surface area contributed by atoms with Crippen LogP contribution < -0.4 is 22.5 Å². The number of benzene rings is 3. The summed E-state index contributed by atoms with van der Waals surface area (Å²) in [5.41, 5.74) is 2.54. The molecule has 0 radical (unpaired) electrons. The van der Waals surface area contributed by atoms with Crippen LogP contribution in [0, 0.1) is 5.92 Å². The van der Waals surface area contributed by atoms with E-state index in [4.69, 9.17) is 19.0 Å². The van der Waals surface area contributed by atoms with Gasteiger partial charge in [-0.1, -0.05) is 65.8 Å². The maximum Gasteiger partial charge on any atom is 0.333 e. The van der Waals surface area contributed by atoms with E-state index in [0.717, 1.165) is 53.8 Å². The Bertz CT molecular complexity index is 1410. The first-order chi connectivity index (χ1) is 19.1. The molecule has 0 spiro atoms. The van der Waals surface area contributed by atoms with Gasteiger partial charge in [0.2, 0.25) is 5.82 Å². The SMILES string of the molecule is COc1ccccc1-c1nc(C[N+]23CCC(CC2)[C@@H](OC(=O)[C@H](Nc2ccccc2)c2ccccc2)C3)no1.[Cl-]. The topological polar surface area (TPSA) is 86.5 Å². The Hall–Kier alpha value is -3.88. The molecule has 2 bridgehead atoms. The third-order valence-corrected chi connectivity index (χ3v) is 8.04. The van der Waals surface area contributed by atoms with Crippen LogP contribution in [0.4, 0.5) is 5.69 Å². The fraction of sp³-hybridized carbons (Fsp3) is 0.323. The molecule has 2 atom stereocenters. The molecule has 3 fully saturated rings. The van der Waals surface area contributed by atoms with E-state index in [-0.39, 0.29) is 24.5 Å². The van der Waals surface area contributed by atoms with Crippen molar-refractivity contribution in [3.05, 3.63) is 96.3 Å². The summed E-state index contributed by atoms with van der Waals surface area (Å²) in [6.07, 6.45) is 1.87. The molecule has 1 aromatic heterocycles. The Morgan fingerprint density at radius 1 is 1.00 bits per heavy atom. The molecule has 9 heteroatoms. The summed E-state index contributed by atoms with van der Waals surface area (Å²) in [5, 5.41) is 7.68. The van der Waals surface area contributed by atoms with Gasteiger partial charge in [0, 0.05) is 24.4 Å². The number of rotatable bonds is 9. The summed E-state index contributed by atoms with van der Waals surface area (Å²) < 4.78 is 18.2. The lowest BCUT2D eigenvalue weighted by molar-refractivity contribution is -0.958. The highest BCUT2D eigenvalue weighted by molar-refractivity contribution is 5.81. The number of carbonyl (C=O) groups excluding carboxylic acids is 1. The van der Waals surface area contributed by atoms with Gasteiger partial charge in [0.15, 0.2) is 12.1 Å². The van der Waals surface area contributed by atoms with Crippen LogP contribution in [-0.2, 0) is 16.1 Å². The number of halogens is 1. The molecule has 3 saturated heterocycles. The van der Waals surface area contributed by atoms with Gasteiger partial charge in [0.25, 0.3) is 5.89 Å². The zero-order valence-corrected chi connectivity index (χ0v) is 23.2. The molecule has 0 amide bonds. The third-order valence-electron chi connectivity index (χ3n) is 8.04. The highest BCUT2D eigenvalue weighted by Gasteiger charge is 2.48. The van der Waals surface area contributed by atoms with E-state index in [9.17, 15) is 4.79 Å². The van der Waals surface area contributed by atoms with Crippen molar-refractivity contribution in [3.8, 4) is 17.2 Å². The summed E-state index contributed by atoms with van der Waals surface area (Å²) in [5.74, 6) is 1.93. The first kappa shape index (κ1) is 27.7. The third kappa shape index (κ3) is 5.83. The molecule has 3 aliphatic rings. The van der Waals surface area contributed by atoms with Crippen molar-refractivity contribution in [3.63, 3.8) is 0 Å². The van der Waals surface area contributed by atoms with Crippen LogP contribution in [-0.4, -0.2) is 53.4 Å². The van der Waals surface area contributed by atoms with E-state index < -0.39 is 6.04 Å². The Kier molecular flexibility index (Phi) is 8.38. The standard InChI is InChI=1S/C31H33N4O4.ClH/c1-37-26-15-9-8-14-25(26)30-33-28(34-39-30)21-35-18-16-22(17-19-35)27(20-35)38-31(36)29(23-10-4-2-5-11-23)32-24-12-6-3-7-13-24;/h2-15,22,27,29,32H,16-21H2,1H3;1H/q+1;/p-1/t22?,27-,29+,35?;/m0./s1. The Morgan fingerprint density at radius 2 is 1.68 bits per heavy atom. The van der Waals surface area contributed by atoms with Gasteiger partial charge in [-0.3, -0.25) is 0 Å². The number of aromatic nitrogens is 2. The monoisotopic (exact) mass is 560 g/mol. The lowest BCUT2D eigenvalue weighted by atomic mass is 9.83. The Balaban J connectivity index is 0.00000323. The van der Waals surface area contributed by atoms with Gasteiger partial charge in [0.05, 0.1) is 25.8 Å². The number of hydrogen-bond donors (Lipinski definition) is 1. The van der Waals surface area contributed by atoms with E-state index in [2.05, 4.69) is 10.5 Å². The van der Waals surface area contributed by atoms with Gasteiger partial charge in [-0.25, -0.2) is 4.79 Å². The minimum Gasteiger partial charge on any atom is -1.00 e.